The Morgan fingerprint density at radius 1 is 0.373 bits per heavy atom. The van der Waals surface area contributed by atoms with E-state index in [2.05, 4.69) is 74.6 Å². The van der Waals surface area contributed by atoms with Crippen LogP contribution in [0.5, 0.6) is 17.2 Å². The molecule has 3 amide bonds. The first-order valence-electron chi connectivity index (χ1n) is 44.7. The van der Waals surface area contributed by atoms with Gasteiger partial charge in [0.15, 0.2) is 28.6 Å². The molecule has 5 atom stereocenters. The molecule has 0 bridgehead atoms. The summed E-state index contributed by atoms with van der Waals surface area (Å²) in [7, 11) is 0. The highest BCUT2D eigenvalue weighted by Gasteiger charge is 2.45. The van der Waals surface area contributed by atoms with E-state index in [-0.39, 0.29) is 163 Å². The summed E-state index contributed by atoms with van der Waals surface area (Å²) in [6.07, 6.45) is 14.2. The minimum Gasteiger partial charge on any atom is -0.507 e. The molecule has 0 unspecified atom stereocenters. The Kier molecular flexibility index (Phi) is 22.9. The summed E-state index contributed by atoms with van der Waals surface area (Å²) in [6, 6.07) is 13.9. The van der Waals surface area contributed by atoms with Crippen LogP contribution < -0.4 is 49.0 Å². The van der Waals surface area contributed by atoms with Gasteiger partial charge in [-0.25, -0.2) is 94.9 Å². The van der Waals surface area contributed by atoms with Gasteiger partial charge < -0.3 is 61.9 Å². The molecule has 3 aliphatic heterocycles. The highest BCUT2D eigenvalue weighted by Crippen LogP contribution is 2.53. The zero-order valence-electron chi connectivity index (χ0n) is 73.7. The third-order valence-electron chi connectivity index (χ3n) is 26.2. The highest BCUT2D eigenvalue weighted by atomic mass is 35.5. The number of phenolic OH excluding ortho intramolecular Hbond substituents is 3. The Morgan fingerprint density at radius 2 is 0.664 bits per heavy atom. The third kappa shape index (κ3) is 16.3. The molecule has 9 aliphatic rings. The molecular formula is C95H94ClF5N24O9. The maximum Gasteiger partial charge on any atom is 0.355 e. The normalized spacial score (nSPS) is 19.6. The molecule has 12 heterocycles. The molecule has 3 aromatic carbocycles. The van der Waals surface area contributed by atoms with Gasteiger partial charge in [0.2, 0.25) is 35.6 Å². The van der Waals surface area contributed by atoms with E-state index in [9.17, 15) is 44.1 Å². The van der Waals surface area contributed by atoms with E-state index in [0.717, 1.165) is 89.2 Å². The van der Waals surface area contributed by atoms with Crippen molar-refractivity contribution in [2.45, 2.75) is 177 Å². The van der Waals surface area contributed by atoms with Gasteiger partial charge >= 0.3 is 17.1 Å². The van der Waals surface area contributed by atoms with Gasteiger partial charge in [-0.1, -0.05) is 49.5 Å². The molecule has 9 fully saturated rings. The number of hydrogen-bond acceptors (Lipinski definition) is 27. The van der Waals surface area contributed by atoms with E-state index in [1.807, 2.05) is 49.3 Å². The minimum absolute atomic E-state index is 0.0191. The van der Waals surface area contributed by atoms with E-state index in [4.69, 9.17) is 33.8 Å². The summed E-state index contributed by atoms with van der Waals surface area (Å²) >= 11 is 6.80. The van der Waals surface area contributed by atoms with Crippen molar-refractivity contribution in [2.75, 3.05) is 77.7 Å². The van der Waals surface area contributed by atoms with Crippen LogP contribution in [0.4, 0.5) is 57.3 Å². The van der Waals surface area contributed by atoms with Crippen molar-refractivity contribution in [3.63, 3.8) is 0 Å². The monoisotopic (exact) mass is 1840 g/mol. The molecule has 33 nitrogen and oxygen atoms in total. The van der Waals surface area contributed by atoms with Gasteiger partial charge in [-0.15, -0.1) is 0 Å². The summed E-state index contributed by atoms with van der Waals surface area (Å²) < 4.78 is 81.3. The molecule has 134 heavy (non-hydrogen) atoms. The number of fused-ring (bicyclic) bond motifs is 3. The Bertz CT molecular complexity index is 6720. The zero-order valence-corrected chi connectivity index (χ0v) is 74.5. The number of pyridine rings is 3. The smallest absolute Gasteiger partial charge is 0.355 e. The second-order valence-electron chi connectivity index (χ2n) is 36.0. The van der Waals surface area contributed by atoms with Crippen LogP contribution in [0.2, 0.25) is 5.02 Å². The van der Waals surface area contributed by atoms with Gasteiger partial charge in [0, 0.05) is 112 Å². The molecule has 0 radical (unpaired) electrons. The van der Waals surface area contributed by atoms with Gasteiger partial charge in [-0.3, -0.25) is 14.4 Å². The number of rotatable bonds is 18. The van der Waals surface area contributed by atoms with Crippen LogP contribution in [0.15, 0.2) is 125 Å². The fourth-order valence-corrected chi connectivity index (χ4v) is 18.9. The lowest BCUT2D eigenvalue weighted by Gasteiger charge is -2.44. The van der Waals surface area contributed by atoms with Crippen molar-refractivity contribution in [3.8, 4) is 68.1 Å². The molecule has 21 rings (SSSR count). The lowest BCUT2D eigenvalue weighted by molar-refractivity contribution is -0.129. The van der Waals surface area contributed by atoms with Crippen LogP contribution in [0.25, 0.3) is 83.9 Å². The lowest BCUT2D eigenvalue weighted by atomic mass is 10.1. The van der Waals surface area contributed by atoms with Gasteiger partial charge in [0.1, 0.15) is 63.5 Å². The first kappa shape index (κ1) is 88.8. The number of nitrogen functional groups attached to an aromatic ring is 3. The Hall–Kier alpha value is -14.5. The van der Waals surface area contributed by atoms with E-state index >= 15 is 22.0 Å². The topological polar surface area (TPSA) is 430 Å². The van der Waals surface area contributed by atoms with E-state index < -0.39 is 80.2 Å². The molecule has 6 aliphatic carbocycles. The average molecular weight is 1850 g/mol. The van der Waals surface area contributed by atoms with Crippen LogP contribution in [-0.2, 0) is 14.4 Å². The zero-order chi connectivity index (χ0) is 94.3. The van der Waals surface area contributed by atoms with Crippen LogP contribution in [0.3, 0.4) is 0 Å². The SMILES string of the molecule is C=CC(=O)N1CCN(c2nc(=O)n(-c3c(C4CC4)nc(N)nc3C3CC3)c3nc(-c4c(O)cccc4F)c(F)cc23)[C@@H](C)C1.C=CC(=O)N1C[C@H](C)N(c2nc(=O)n(-c3c(C4CC4)nc(N)nc3C3CC3)c3nc(-c4c(O)cccc4F)c(Cl)cc23)C[C@H]1C.C=CC(=O)N1C[C@H](C)N(c2nc(=O)n(-c3c(C4CC4)nc(N)nc3C3CC3)c3nc(-c4c(O)cccc4F)c(F)cc23)C[C@H]1C. The molecule has 9 aromatic heterocycles. The average Bonchev–Trinajstić information content (AvgIpc) is 0.989. The number of aromatic hydroxyl groups is 3. The largest absolute Gasteiger partial charge is 0.507 e. The van der Waals surface area contributed by atoms with Crippen molar-refractivity contribution in [1.82, 2.24) is 88.2 Å². The number of aromatic nitrogens is 15. The number of hydrogen-bond donors (Lipinski definition) is 6. The predicted octanol–water partition coefficient (Wildman–Crippen LogP) is 12.6. The number of carbonyl (C=O) groups is 3. The van der Waals surface area contributed by atoms with Gasteiger partial charge in [-0.05, 0) is 184 Å². The molecule has 6 saturated carbocycles. The number of anilines is 6. The van der Waals surface area contributed by atoms with Gasteiger partial charge in [0.25, 0.3) is 0 Å². The molecular weight excluding hydrogens is 1750 g/mol. The maximum atomic E-state index is 16.0. The maximum absolute atomic E-state index is 16.0. The first-order chi connectivity index (χ1) is 64.3. The number of amides is 3. The Morgan fingerprint density at radius 3 is 0.963 bits per heavy atom. The number of benzene rings is 3. The molecule has 0 spiro atoms. The third-order valence-corrected chi connectivity index (χ3v) is 26.5. The predicted molar refractivity (Wildman–Crippen MR) is 493 cm³/mol. The van der Waals surface area contributed by atoms with E-state index in [1.54, 1.807) is 20.8 Å². The fraction of sp³-hybridized carbons (Fsp3) is 0.368. The minimum atomic E-state index is -0.907. The number of nitrogens with two attached hydrogens (primary N) is 3. The standard InChI is InChI=1S/C32H32ClFN8O3.C32H32F2N8O3.C31H30F2N8O3/c1-4-23(44)40-13-16(3)41(14-15(40)2)29-19-12-20(33)27(24-21(34)6-5-7-22(24)43)36-30(19)42(32(45)39-29)28-25(17-8-9-17)37-31(35)38-26(28)18-10-11-18;1-4-23(44)40-13-16(3)41(14-15(40)2)29-19-12-21(34)27(24-20(33)6-5-7-22(24)43)36-30(19)42(32(45)39-29)28-25(17-8-9-17)37-31(35)38-26(28)18-10-11-18;1-3-22(43)39-11-12-40(15(2)14-39)28-18-13-20(33)26(23-19(32)5-4-6-21(23)42)35-29(18)41(31(44)38-28)27-24(16-7-8-16)36-30(34)37-25(27)17-9-10-17/h2*4-7,12,15-18,43H,1,8-11,13-14H2,2-3H3,(H2,35,37,38);3-6,13,15-17,42H,1,7-12,14H2,2H3,(H2,34,36,37)/t2*15-,16+;15-/m110/s1. The second kappa shape index (κ2) is 34.6. The summed E-state index contributed by atoms with van der Waals surface area (Å²) in [5.74, 6) is -4.72. The summed E-state index contributed by atoms with van der Waals surface area (Å²) in [5, 5.41) is 32.7. The summed E-state index contributed by atoms with van der Waals surface area (Å²) in [6.45, 7) is 22.6. The Balaban J connectivity index is 0.000000129. The quantitative estimate of drug-likeness (QED) is 0.0343. The van der Waals surface area contributed by atoms with Crippen molar-refractivity contribution >= 4 is 97.7 Å². The van der Waals surface area contributed by atoms with Crippen LogP contribution in [0, 0.1) is 29.1 Å². The number of nitrogens with zero attached hydrogens (tertiary/aromatic N) is 21. The Labute approximate surface area is 767 Å². The van der Waals surface area contributed by atoms with Crippen molar-refractivity contribution < 1.29 is 51.7 Å². The number of piperazine rings is 3. The molecule has 3 saturated heterocycles. The van der Waals surface area contributed by atoms with Crippen molar-refractivity contribution in [3.05, 3.63) is 210 Å². The number of carbonyl (C=O) groups excluding carboxylic acids is 3. The van der Waals surface area contributed by atoms with E-state index in [1.165, 1.54) is 86.5 Å². The number of halogens is 6. The van der Waals surface area contributed by atoms with Gasteiger partial charge in [-0.2, -0.15) is 15.0 Å². The van der Waals surface area contributed by atoms with Crippen molar-refractivity contribution in [1.29, 1.82) is 0 Å². The summed E-state index contributed by atoms with van der Waals surface area (Å²) in [4.78, 5) is 146. The lowest BCUT2D eigenvalue weighted by Crippen LogP contribution is -2.58. The number of phenols is 3. The molecule has 690 valence electrons. The first-order valence-corrected chi connectivity index (χ1v) is 45.1. The van der Waals surface area contributed by atoms with Crippen LogP contribution >= 0.6 is 11.6 Å². The van der Waals surface area contributed by atoms with Gasteiger partial charge in [0.05, 0.1) is 94.8 Å². The van der Waals surface area contributed by atoms with E-state index in [0.29, 0.717) is 108 Å². The molecule has 12 aromatic rings. The van der Waals surface area contributed by atoms with Crippen LogP contribution in [-0.4, -0.2) is 197 Å². The molecule has 39 heteroatoms. The van der Waals surface area contributed by atoms with Crippen molar-refractivity contribution in [2.24, 2.45) is 0 Å². The summed E-state index contributed by atoms with van der Waals surface area (Å²) in [5.41, 5.74) is 19.8. The second-order valence-corrected chi connectivity index (χ2v) is 36.4. The fourth-order valence-electron chi connectivity index (χ4n) is 18.7. The van der Waals surface area contributed by atoms with Crippen LogP contribution in [0.1, 0.15) is 181 Å². The highest BCUT2D eigenvalue weighted by molar-refractivity contribution is 6.34. The molecule has 9 N–H and O–H groups in total.